The molecule has 0 N–H and O–H groups in total. The van der Waals surface area contributed by atoms with Crippen LogP contribution in [0.25, 0.3) is 10.6 Å². The van der Waals surface area contributed by atoms with Gasteiger partial charge in [-0.2, -0.15) is 11.3 Å². The van der Waals surface area contributed by atoms with Gasteiger partial charge >= 0.3 is 0 Å². The summed E-state index contributed by atoms with van der Waals surface area (Å²) in [6.45, 7) is 6.69. The fourth-order valence-corrected chi connectivity index (χ4v) is 3.66. The van der Waals surface area contributed by atoms with Gasteiger partial charge in [0, 0.05) is 36.0 Å². The zero-order valence-corrected chi connectivity index (χ0v) is 14.3. The topological polar surface area (TPSA) is 36.4 Å². The van der Waals surface area contributed by atoms with Gasteiger partial charge in [-0.15, -0.1) is 11.3 Å². The molecule has 0 aliphatic heterocycles. The fraction of sp³-hybridized carbons (Fsp3) is 0.467. The Morgan fingerprint density at radius 2 is 2.05 bits per heavy atom. The number of thiazole rings is 1. The molecule has 0 radical (unpaired) electrons. The number of amides is 1. The van der Waals surface area contributed by atoms with Crippen molar-refractivity contribution >= 4 is 28.6 Å². The Morgan fingerprint density at radius 3 is 2.67 bits per heavy atom. The quantitative estimate of drug-likeness (QED) is 0.785. The van der Waals surface area contributed by atoms with Gasteiger partial charge < -0.3 is 4.90 Å². The molecule has 6 heteroatoms. The Labute approximate surface area is 134 Å². The van der Waals surface area contributed by atoms with E-state index in [9.17, 15) is 4.79 Å². The summed E-state index contributed by atoms with van der Waals surface area (Å²) in [5.41, 5.74) is 2.20. The number of hydrogen-bond donors (Lipinski definition) is 0. The largest absolute Gasteiger partial charge is 0.342 e. The lowest BCUT2D eigenvalue weighted by Crippen LogP contribution is -2.38. The lowest BCUT2D eigenvalue weighted by molar-refractivity contribution is -0.131. The van der Waals surface area contributed by atoms with Gasteiger partial charge in [0.25, 0.3) is 0 Å². The first-order valence-corrected chi connectivity index (χ1v) is 8.89. The number of aromatic nitrogens is 1. The number of carbonyl (C=O) groups excluding carboxylic acids is 1. The van der Waals surface area contributed by atoms with Crippen molar-refractivity contribution in [1.29, 1.82) is 0 Å². The number of rotatable bonds is 7. The molecule has 2 aromatic heterocycles. The third kappa shape index (κ3) is 4.36. The van der Waals surface area contributed by atoms with Crippen LogP contribution in [-0.4, -0.2) is 47.4 Å². The molecule has 4 nitrogen and oxygen atoms in total. The van der Waals surface area contributed by atoms with Crippen molar-refractivity contribution in [2.75, 3.05) is 26.7 Å². The second-order valence-electron chi connectivity index (χ2n) is 4.89. The number of carbonyl (C=O) groups is 1. The molecular formula is C15H21N3OS2. The van der Waals surface area contributed by atoms with Crippen molar-refractivity contribution in [3.8, 4) is 10.6 Å². The van der Waals surface area contributed by atoms with E-state index in [1.165, 1.54) is 5.56 Å². The highest BCUT2D eigenvalue weighted by molar-refractivity contribution is 7.14. The Balaban J connectivity index is 1.91. The van der Waals surface area contributed by atoms with Crippen molar-refractivity contribution in [3.05, 3.63) is 27.9 Å². The average Bonchev–Trinajstić information content (AvgIpc) is 3.10. The molecule has 0 atom stereocenters. The van der Waals surface area contributed by atoms with Crippen LogP contribution in [0.1, 0.15) is 19.5 Å². The minimum atomic E-state index is 0.177. The highest BCUT2D eigenvalue weighted by Crippen LogP contribution is 2.25. The molecule has 21 heavy (non-hydrogen) atoms. The van der Waals surface area contributed by atoms with Crippen molar-refractivity contribution in [3.63, 3.8) is 0 Å². The van der Waals surface area contributed by atoms with E-state index in [2.05, 4.69) is 27.2 Å². The summed E-state index contributed by atoms with van der Waals surface area (Å²) >= 11 is 3.34. The van der Waals surface area contributed by atoms with Gasteiger partial charge in [-0.05, 0) is 32.3 Å². The van der Waals surface area contributed by atoms with E-state index >= 15 is 0 Å². The summed E-state index contributed by atoms with van der Waals surface area (Å²) in [5.74, 6) is 0.177. The maximum Gasteiger partial charge on any atom is 0.236 e. The van der Waals surface area contributed by atoms with Crippen molar-refractivity contribution in [1.82, 2.24) is 14.8 Å². The summed E-state index contributed by atoms with van der Waals surface area (Å²) in [6, 6.07) is 2.08. The van der Waals surface area contributed by atoms with Crippen LogP contribution in [0.5, 0.6) is 0 Å². The van der Waals surface area contributed by atoms with Gasteiger partial charge in [-0.25, -0.2) is 4.98 Å². The first kappa shape index (κ1) is 16.1. The summed E-state index contributed by atoms with van der Waals surface area (Å²) in [4.78, 5) is 20.6. The maximum atomic E-state index is 12.1. The molecule has 114 valence electrons. The zero-order valence-electron chi connectivity index (χ0n) is 12.7. The zero-order chi connectivity index (χ0) is 15.2. The predicted molar refractivity (Wildman–Crippen MR) is 89.7 cm³/mol. The molecule has 0 bridgehead atoms. The van der Waals surface area contributed by atoms with Crippen molar-refractivity contribution < 1.29 is 4.79 Å². The molecular weight excluding hydrogens is 302 g/mol. The summed E-state index contributed by atoms with van der Waals surface area (Å²) < 4.78 is 0. The Hall–Kier alpha value is -1.24. The van der Waals surface area contributed by atoms with E-state index in [-0.39, 0.29) is 5.91 Å². The molecule has 1 amide bonds. The standard InChI is InChI=1S/C15H21N3OS2/c1-4-18(5-2)14(19)9-17(3)8-13-11-21-15(16-13)12-6-7-20-10-12/h6-7,10-11H,4-5,8-9H2,1-3H3. The highest BCUT2D eigenvalue weighted by atomic mass is 32.1. The number of likely N-dealkylation sites (N-methyl/N-ethyl adjacent to an activating group) is 2. The Morgan fingerprint density at radius 1 is 1.29 bits per heavy atom. The van der Waals surface area contributed by atoms with Crippen LogP contribution in [0.4, 0.5) is 0 Å². The molecule has 2 rings (SSSR count). The van der Waals surface area contributed by atoms with Crippen LogP contribution in [0, 0.1) is 0 Å². The van der Waals surface area contributed by atoms with E-state index < -0.39 is 0 Å². The van der Waals surface area contributed by atoms with Crippen molar-refractivity contribution in [2.24, 2.45) is 0 Å². The molecule has 0 aromatic carbocycles. The van der Waals surface area contributed by atoms with Gasteiger partial charge in [0.15, 0.2) is 0 Å². The van der Waals surface area contributed by atoms with Crippen LogP contribution in [-0.2, 0) is 11.3 Å². The predicted octanol–water partition coefficient (Wildman–Crippen LogP) is 3.17. The molecule has 0 aliphatic carbocycles. The van der Waals surface area contributed by atoms with E-state index in [1.807, 2.05) is 30.7 Å². The molecule has 0 saturated carbocycles. The van der Waals surface area contributed by atoms with Crippen LogP contribution in [0.2, 0.25) is 0 Å². The summed E-state index contributed by atoms with van der Waals surface area (Å²) in [5, 5.41) is 7.29. The van der Waals surface area contributed by atoms with Gasteiger partial charge in [-0.1, -0.05) is 0 Å². The number of thiophene rings is 1. The molecule has 0 saturated heterocycles. The lowest BCUT2D eigenvalue weighted by Gasteiger charge is -2.22. The smallest absolute Gasteiger partial charge is 0.236 e. The Kier molecular flexibility index (Phi) is 5.90. The number of hydrogen-bond acceptors (Lipinski definition) is 5. The van der Waals surface area contributed by atoms with E-state index in [0.29, 0.717) is 13.1 Å². The highest BCUT2D eigenvalue weighted by Gasteiger charge is 2.14. The third-order valence-electron chi connectivity index (χ3n) is 3.27. The minimum absolute atomic E-state index is 0.177. The van der Waals surface area contributed by atoms with Gasteiger partial charge in [-0.3, -0.25) is 9.69 Å². The van der Waals surface area contributed by atoms with Crippen LogP contribution in [0.3, 0.4) is 0 Å². The normalized spacial score (nSPS) is 11.0. The second kappa shape index (κ2) is 7.68. The van der Waals surface area contributed by atoms with Crippen LogP contribution in [0.15, 0.2) is 22.2 Å². The molecule has 2 heterocycles. The minimum Gasteiger partial charge on any atom is -0.342 e. The second-order valence-corrected chi connectivity index (χ2v) is 6.53. The molecule has 2 aromatic rings. The summed E-state index contributed by atoms with van der Waals surface area (Å²) in [7, 11) is 1.96. The van der Waals surface area contributed by atoms with Gasteiger partial charge in [0.2, 0.25) is 5.91 Å². The molecule has 0 fully saturated rings. The SMILES string of the molecule is CCN(CC)C(=O)CN(C)Cc1csc(-c2ccsc2)n1. The lowest BCUT2D eigenvalue weighted by atomic mass is 10.3. The third-order valence-corrected chi connectivity index (χ3v) is 4.90. The summed E-state index contributed by atoms with van der Waals surface area (Å²) in [6.07, 6.45) is 0. The maximum absolute atomic E-state index is 12.1. The van der Waals surface area contributed by atoms with E-state index in [0.717, 1.165) is 23.8 Å². The first-order chi connectivity index (χ1) is 10.1. The van der Waals surface area contributed by atoms with E-state index in [1.54, 1.807) is 22.7 Å². The molecule has 0 spiro atoms. The first-order valence-electron chi connectivity index (χ1n) is 7.07. The monoisotopic (exact) mass is 323 g/mol. The average molecular weight is 323 g/mol. The molecule has 0 unspecified atom stereocenters. The number of nitrogens with zero attached hydrogens (tertiary/aromatic N) is 3. The van der Waals surface area contributed by atoms with Crippen LogP contribution < -0.4 is 0 Å². The van der Waals surface area contributed by atoms with Crippen molar-refractivity contribution in [2.45, 2.75) is 20.4 Å². The fourth-order valence-electron chi connectivity index (χ4n) is 2.14. The van der Waals surface area contributed by atoms with Gasteiger partial charge in [0.05, 0.1) is 12.2 Å². The van der Waals surface area contributed by atoms with E-state index in [4.69, 9.17) is 0 Å². The van der Waals surface area contributed by atoms with Gasteiger partial charge in [0.1, 0.15) is 5.01 Å². The Bertz CT molecular complexity index is 561. The molecule has 0 aliphatic rings. The van der Waals surface area contributed by atoms with Crippen LogP contribution >= 0.6 is 22.7 Å².